The van der Waals surface area contributed by atoms with Crippen LogP contribution in [0.2, 0.25) is 0 Å². The number of hydrogen-bond donors (Lipinski definition) is 0. The van der Waals surface area contributed by atoms with Crippen LogP contribution >= 0.6 is 0 Å². The summed E-state index contributed by atoms with van der Waals surface area (Å²) in [6.45, 7) is 4.24. The van der Waals surface area contributed by atoms with Crippen LogP contribution in [-0.4, -0.2) is 37.3 Å². The van der Waals surface area contributed by atoms with Crippen molar-refractivity contribution < 1.29 is 13.2 Å². The van der Waals surface area contributed by atoms with Gasteiger partial charge in [0.05, 0.1) is 11.8 Å². The molecule has 4 nitrogen and oxygen atoms in total. The molecule has 1 saturated heterocycles. The van der Waals surface area contributed by atoms with Crippen LogP contribution in [0.4, 0.5) is 0 Å². The minimum Gasteiger partial charge on any atom is -0.302 e. The van der Waals surface area contributed by atoms with Gasteiger partial charge in [0.25, 0.3) is 0 Å². The Balaban J connectivity index is 2.79. The van der Waals surface area contributed by atoms with Crippen LogP contribution in [0.3, 0.4) is 0 Å². The fraction of sp³-hybridized carbons (Fsp3) is 0.900. The summed E-state index contributed by atoms with van der Waals surface area (Å²) in [5.74, 6) is 0.237. The maximum atomic E-state index is 11.9. The van der Waals surface area contributed by atoms with Gasteiger partial charge in [0.1, 0.15) is 6.29 Å². The third-order valence-corrected chi connectivity index (χ3v) is 4.81. The van der Waals surface area contributed by atoms with Crippen LogP contribution in [0, 0.1) is 5.92 Å². The Labute approximate surface area is 91.7 Å². The molecule has 1 unspecified atom stereocenters. The van der Waals surface area contributed by atoms with Gasteiger partial charge in [0.15, 0.2) is 0 Å². The predicted octanol–water partition coefficient (Wildman–Crippen LogP) is 1.03. The van der Waals surface area contributed by atoms with E-state index in [1.165, 1.54) is 4.31 Å². The zero-order valence-corrected chi connectivity index (χ0v) is 10.2. The van der Waals surface area contributed by atoms with Gasteiger partial charge in [-0.25, -0.2) is 8.42 Å². The highest BCUT2D eigenvalue weighted by Crippen LogP contribution is 2.20. The van der Waals surface area contributed by atoms with Crippen molar-refractivity contribution in [3.05, 3.63) is 0 Å². The van der Waals surface area contributed by atoms with E-state index in [2.05, 4.69) is 0 Å². The molecule has 0 saturated carbocycles. The van der Waals surface area contributed by atoms with Crippen LogP contribution in [0.25, 0.3) is 0 Å². The zero-order chi connectivity index (χ0) is 11.5. The SMILES string of the molecule is CC(C)CS(=O)(=O)N1CCCCC1C=O. The van der Waals surface area contributed by atoms with E-state index < -0.39 is 16.1 Å². The smallest absolute Gasteiger partial charge is 0.214 e. The molecule has 0 amide bonds. The molecule has 0 N–H and O–H groups in total. The van der Waals surface area contributed by atoms with Gasteiger partial charge in [-0.3, -0.25) is 0 Å². The Kier molecular flexibility index (Phi) is 4.28. The van der Waals surface area contributed by atoms with Gasteiger partial charge < -0.3 is 4.79 Å². The Morgan fingerprint density at radius 1 is 1.40 bits per heavy atom. The average Bonchev–Trinajstić information content (AvgIpc) is 2.16. The van der Waals surface area contributed by atoms with Gasteiger partial charge >= 0.3 is 0 Å². The van der Waals surface area contributed by atoms with Crippen LogP contribution in [-0.2, 0) is 14.8 Å². The number of carbonyl (C=O) groups excluding carboxylic acids is 1. The summed E-state index contributed by atoms with van der Waals surface area (Å²) < 4.78 is 25.2. The molecular formula is C10H19NO3S. The van der Waals surface area contributed by atoms with E-state index in [-0.39, 0.29) is 11.7 Å². The molecule has 0 aromatic carbocycles. The van der Waals surface area contributed by atoms with Crippen molar-refractivity contribution in [2.75, 3.05) is 12.3 Å². The van der Waals surface area contributed by atoms with Gasteiger partial charge in [0, 0.05) is 6.54 Å². The van der Waals surface area contributed by atoms with Gasteiger partial charge in [-0.2, -0.15) is 4.31 Å². The van der Waals surface area contributed by atoms with Crippen LogP contribution in [0.5, 0.6) is 0 Å². The molecule has 88 valence electrons. The molecule has 1 heterocycles. The topological polar surface area (TPSA) is 54.5 Å². The molecule has 5 heteroatoms. The third kappa shape index (κ3) is 3.28. The Hall–Kier alpha value is -0.420. The van der Waals surface area contributed by atoms with Crippen molar-refractivity contribution in [2.45, 2.75) is 39.2 Å². The molecule has 0 aromatic rings. The maximum absolute atomic E-state index is 11.9. The molecule has 0 aliphatic carbocycles. The van der Waals surface area contributed by atoms with E-state index >= 15 is 0 Å². The lowest BCUT2D eigenvalue weighted by atomic mass is 10.1. The monoisotopic (exact) mass is 233 g/mol. The summed E-state index contributed by atoms with van der Waals surface area (Å²) in [6, 6.07) is -0.428. The third-order valence-electron chi connectivity index (χ3n) is 2.56. The highest BCUT2D eigenvalue weighted by atomic mass is 32.2. The number of aldehydes is 1. The first-order valence-electron chi connectivity index (χ1n) is 5.42. The zero-order valence-electron chi connectivity index (χ0n) is 9.35. The van der Waals surface area contributed by atoms with Crippen molar-refractivity contribution in [3.8, 4) is 0 Å². The molecule has 1 atom stereocenters. The van der Waals surface area contributed by atoms with Gasteiger partial charge in [-0.1, -0.05) is 20.3 Å². The summed E-state index contributed by atoms with van der Waals surface area (Å²) in [5.41, 5.74) is 0. The lowest BCUT2D eigenvalue weighted by Gasteiger charge is -2.31. The highest BCUT2D eigenvalue weighted by molar-refractivity contribution is 7.89. The molecule has 0 aromatic heterocycles. The van der Waals surface area contributed by atoms with E-state index in [0.29, 0.717) is 13.0 Å². The Bertz CT molecular complexity index is 311. The van der Waals surface area contributed by atoms with E-state index in [4.69, 9.17) is 0 Å². The van der Waals surface area contributed by atoms with Crippen LogP contribution in [0.1, 0.15) is 33.1 Å². The summed E-state index contributed by atoms with van der Waals surface area (Å²) >= 11 is 0. The van der Waals surface area contributed by atoms with Gasteiger partial charge in [-0.15, -0.1) is 0 Å². The minimum absolute atomic E-state index is 0.101. The van der Waals surface area contributed by atoms with Crippen molar-refractivity contribution >= 4 is 16.3 Å². The predicted molar refractivity (Wildman–Crippen MR) is 59.0 cm³/mol. The summed E-state index contributed by atoms with van der Waals surface area (Å²) in [7, 11) is -3.24. The van der Waals surface area contributed by atoms with Crippen molar-refractivity contribution in [1.82, 2.24) is 4.31 Å². The molecule has 0 spiro atoms. The lowest BCUT2D eigenvalue weighted by Crippen LogP contribution is -2.46. The largest absolute Gasteiger partial charge is 0.302 e. The number of carbonyl (C=O) groups is 1. The molecule has 1 aliphatic heterocycles. The fourth-order valence-corrected chi connectivity index (χ4v) is 3.94. The van der Waals surface area contributed by atoms with Crippen molar-refractivity contribution in [1.29, 1.82) is 0 Å². The van der Waals surface area contributed by atoms with Gasteiger partial charge in [0.2, 0.25) is 10.0 Å². The number of rotatable bonds is 4. The van der Waals surface area contributed by atoms with Crippen LogP contribution < -0.4 is 0 Å². The van der Waals surface area contributed by atoms with Crippen molar-refractivity contribution in [3.63, 3.8) is 0 Å². The first-order chi connectivity index (χ1) is 6.97. The second kappa shape index (κ2) is 5.07. The normalized spacial score (nSPS) is 24.3. The molecule has 1 rings (SSSR count). The molecule has 0 bridgehead atoms. The maximum Gasteiger partial charge on any atom is 0.214 e. The number of piperidine rings is 1. The van der Waals surface area contributed by atoms with Gasteiger partial charge in [-0.05, 0) is 18.8 Å². The van der Waals surface area contributed by atoms with E-state index in [1.807, 2.05) is 13.8 Å². The molecule has 1 fully saturated rings. The minimum atomic E-state index is -3.24. The second-order valence-electron chi connectivity index (χ2n) is 4.48. The molecule has 15 heavy (non-hydrogen) atoms. The Morgan fingerprint density at radius 3 is 2.60 bits per heavy atom. The number of nitrogens with zero attached hydrogens (tertiary/aromatic N) is 1. The average molecular weight is 233 g/mol. The molecular weight excluding hydrogens is 214 g/mol. The van der Waals surface area contributed by atoms with E-state index in [9.17, 15) is 13.2 Å². The quantitative estimate of drug-likeness (QED) is 0.681. The standard InChI is InChI=1S/C10H19NO3S/c1-9(2)8-15(13,14)11-6-4-3-5-10(11)7-12/h7,9-10H,3-6,8H2,1-2H3. The lowest BCUT2D eigenvalue weighted by molar-refractivity contribution is -0.111. The fourth-order valence-electron chi connectivity index (χ4n) is 1.93. The second-order valence-corrected chi connectivity index (χ2v) is 6.45. The first kappa shape index (κ1) is 12.6. The summed E-state index contributed by atoms with van der Waals surface area (Å²) in [5, 5.41) is 0. The van der Waals surface area contributed by atoms with E-state index in [1.54, 1.807) is 0 Å². The highest BCUT2D eigenvalue weighted by Gasteiger charge is 2.32. The van der Waals surface area contributed by atoms with E-state index in [0.717, 1.165) is 19.1 Å². The number of hydrogen-bond acceptors (Lipinski definition) is 3. The summed E-state index contributed by atoms with van der Waals surface area (Å²) in [6.07, 6.45) is 3.23. The number of sulfonamides is 1. The first-order valence-corrected chi connectivity index (χ1v) is 7.03. The molecule has 0 radical (unpaired) electrons. The summed E-state index contributed by atoms with van der Waals surface area (Å²) in [4.78, 5) is 10.8. The molecule has 1 aliphatic rings. The van der Waals surface area contributed by atoms with Crippen LogP contribution in [0.15, 0.2) is 0 Å². The van der Waals surface area contributed by atoms with Crippen molar-refractivity contribution in [2.24, 2.45) is 5.92 Å². The Morgan fingerprint density at radius 2 is 2.07 bits per heavy atom.